The van der Waals surface area contributed by atoms with E-state index < -0.39 is 11.8 Å². The lowest BCUT2D eigenvalue weighted by molar-refractivity contribution is -0.143. The Bertz CT molecular complexity index is 456. The van der Waals surface area contributed by atoms with Crippen LogP contribution in [0.4, 0.5) is 5.69 Å². The molecule has 0 spiro atoms. The Morgan fingerprint density at radius 3 is 2.56 bits per heavy atom. The Hall–Kier alpha value is -1.55. The highest BCUT2D eigenvalue weighted by atomic mass is 35.5. The van der Waals surface area contributed by atoms with E-state index in [2.05, 4.69) is 5.32 Å². The van der Waals surface area contributed by atoms with E-state index in [-0.39, 0.29) is 0 Å². The van der Waals surface area contributed by atoms with Crippen molar-refractivity contribution in [2.45, 2.75) is 19.3 Å². The summed E-state index contributed by atoms with van der Waals surface area (Å²) in [6.45, 7) is 1.34. The predicted molar refractivity (Wildman–Crippen MR) is 70.5 cm³/mol. The summed E-state index contributed by atoms with van der Waals surface area (Å²) in [6.07, 6.45) is 3.06. The normalized spacial score (nSPS) is 15.3. The Morgan fingerprint density at radius 2 is 1.89 bits per heavy atom. The SMILES string of the molecule is O=C(Nc1cccc(Cl)c1)C(=O)N1CCCCC1. The third-order valence-electron chi connectivity index (χ3n) is 2.92. The second-order valence-electron chi connectivity index (χ2n) is 4.32. The predicted octanol–water partition coefficient (Wildman–Crippen LogP) is 2.29. The molecule has 1 heterocycles. The third-order valence-corrected chi connectivity index (χ3v) is 3.16. The van der Waals surface area contributed by atoms with Crippen LogP contribution in [0.2, 0.25) is 5.02 Å². The molecule has 2 rings (SSSR count). The summed E-state index contributed by atoms with van der Waals surface area (Å²) in [6, 6.07) is 6.75. The van der Waals surface area contributed by atoms with E-state index in [0.717, 1.165) is 19.3 Å². The van der Waals surface area contributed by atoms with Crippen molar-refractivity contribution in [3.8, 4) is 0 Å². The van der Waals surface area contributed by atoms with Crippen LogP contribution in [0.3, 0.4) is 0 Å². The quantitative estimate of drug-likeness (QED) is 0.793. The van der Waals surface area contributed by atoms with Gasteiger partial charge in [0.15, 0.2) is 0 Å². The Labute approximate surface area is 111 Å². The van der Waals surface area contributed by atoms with Crippen LogP contribution >= 0.6 is 11.6 Å². The van der Waals surface area contributed by atoms with Gasteiger partial charge in [-0.05, 0) is 37.5 Å². The van der Waals surface area contributed by atoms with Crippen molar-refractivity contribution in [2.75, 3.05) is 18.4 Å². The molecule has 1 N–H and O–H groups in total. The summed E-state index contributed by atoms with van der Waals surface area (Å²) < 4.78 is 0. The number of piperidine rings is 1. The van der Waals surface area contributed by atoms with Gasteiger partial charge in [-0.1, -0.05) is 17.7 Å². The van der Waals surface area contributed by atoms with E-state index in [0.29, 0.717) is 23.8 Å². The first-order chi connectivity index (χ1) is 8.66. The standard InChI is InChI=1S/C13H15ClN2O2/c14-10-5-4-6-11(9-10)15-12(17)13(18)16-7-2-1-3-8-16/h4-6,9H,1-3,7-8H2,(H,15,17). The molecule has 0 unspecified atom stereocenters. The number of benzene rings is 1. The topological polar surface area (TPSA) is 49.4 Å². The molecule has 1 aliphatic rings. The highest BCUT2D eigenvalue weighted by Crippen LogP contribution is 2.15. The van der Waals surface area contributed by atoms with Gasteiger partial charge in [0.25, 0.3) is 0 Å². The van der Waals surface area contributed by atoms with Crippen molar-refractivity contribution in [2.24, 2.45) is 0 Å². The lowest BCUT2D eigenvalue weighted by Gasteiger charge is -2.25. The van der Waals surface area contributed by atoms with Crippen molar-refractivity contribution >= 4 is 29.1 Å². The van der Waals surface area contributed by atoms with E-state index >= 15 is 0 Å². The molecule has 1 saturated heterocycles. The minimum Gasteiger partial charge on any atom is -0.334 e. The Balaban J connectivity index is 1.96. The fourth-order valence-electron chi connectivity index (χ4n) is 1.99. The number of likely N-dealkylation sites (tertiary alicyclic amines) is 1. The number of nitrogens with one attached hydrogen (secondary N) is 1. The lowest BCUT2D eigenvalue weighted by Crippen LogP contribution is -2.42. The molecule has 0 atom stereocenters. The number of rotatable bonds is 1. The van der Waals surface area contributed by atoms with Gasteiger partial charge < -0.3 is 10.2 Å². The number of hydrogen-bond donors (Lipinski definition) is 1. The number of amides is 2. The van der Waals surface area contributed by atoms with Gasteiger partial charge in [0.1, 0.15) is 0 Å². The van der Waals surface area contributed by atoms with E-state index in [1.54, 1.807) is 29.2 Å². The lowest BCUT2D eigenvalue weighted by atomic mass is 10.1. The average Bonchev–Trinajstić information content (AvgIpc) is 2.39. The van der Waals surface area contributed by atoms with E-state index in [9.17, 15) is 9.59 Å². The molecule has 0 bridgehead atoms. The summed E-state index contributed by atoms with van der Waals surface area (Å²) in [5.74, 6) is -1.06. The second kappa shape index (κ2) is 5.87. The molecule has 1 fully saturated rings. The molecule has 2 amide bonds. The zero-order valence-electron chi connectivity index (χ0n) is 9.99. The van der Waals surface area contributed by atoms with Gasteiger partial charge in [-0.15, -0.1) is 0 Å². The summed E-state index contributed by atoms with van der Waals surface area (Å²) in [7, 11) is 0. The minimum absolute atomic E-state index is 0.463. The summed E-state index contributed by atoms with van der Waals surface area (Å²) in [4.78, 5) is 25.2. The number of carbonyl (C=O) groups excluding carboxylic acids is 2. The fourth-order valence-corrected chi connectivity index (χ4v) is 2.18. The highest BCUT2D eigenvalue weighted by molar-refractivity contribution is 6.39. The largest absolute Gasteiger partial charge is 0.334 e. The van der Waals surface area contributed by atoms with Crippen LogP contribution in [0, 0.1) is 0 Å². The van der Waals surface area contributed by atoms with Crippen LogP contribution in [-0.4, -0.2) is 29.8 Å². The maximum atomic E-state index is 11.9. The van der Waals surface area contributed by atoms with Crippen LogP contribution in [0.5, 0.6) is 0 Å². The molecule has 1 aromatic rings. The van der Waals surface area contributed by atoms with Gasteiger partial charge in [-0.2, -0.15) is 0 Å². The average molecular weight is 267 g/mol. The second-order valence-corrected chi connectivity index (χ2v) is 4.75. The zero-order valence-corrected chi connectivity index (χ0v) is 10.7. The first-order valence-corrected chi connectivity index (χ1v) is 6.40. The van der Waals surface area contributed by atoms with Gasteiger partial charge in [-0.25, -0.2) is 0 Å². The van der Waals surface area contributed by atoms with Crippen molar-refractivity contribution in [1.29, 1.82) is 0 Å². The molecule has 0 aromatic heterocycles. The maximum absolute atomic E-state index is 11.9. The van der Waals surface area contributed by atoms with E-state index in [1.165, 1.54) is 0 Å². The molecule has 96 valence electrons. The molecular weight excluding hydrogens is 252 g/mol. The first kappa shape index (κ1) is 12.9. The van der Waals surface area contributed by atoms with Gasteiger partial charge >= 0.3 is 11.8 Å². The molecule has 1 aliphatic heterocycles. The van der Waals surface area contributed by atoms with Gasteiger partial charge in [0, 0.05) is 23.8 Å². The number of nitrogens with zero attached hydrogens (tertiary/aromatic N) is 1. The number of hydrogen-bond acceptors (Lipinski definition) is 2. The molecule has 0 saturated carbocycles. The number of halogens is 1. The highest BCUT2D eigenvalue weighted by Gasteiger charge is 2.23. The van der Waals surface area contributed by atoms with E-state index in [4.69, 9.17) is 11.6 Å². The zero-order chi connectivity index (χ0) is 13.0. The fraction of sp³-hybridized carbons (Fsp3) is 0.385. The first-order valence-electron chi connectivity index (χ1n) is 6.02. The summed E-state index contributed by atoms with van der Waals surface area (Å²) in [5.41, 5.74) is 0.540. The van der Waals surface area contributed by atoms with Gasteiger partial charge in [-0.3, -0.25) is 9.59 Å². The molecule has 1 aromatic carbocycles. The molecule has 5 heteroatoms. The monoisotopic (exact) mass is 266 g/mol. The van der Waals surface area contributed by atoms with Crippen LogP contribution in [0.25, 0.3) is 0 Å². The third kappa shape index (κ3) is 3.23. The van der Waals surface area contributed by atoms with Crippen molar-refractivity contribution in [3.63, 3.8) is 0 Å². The maximum Gasteiger partial charge on any atom is 0.313 e. The summed E-state index contributed by atoms with van der Waals surface area (Å²) >= 11 is 5.81. The van der Waals surface area contributed by atoms with E-state index in [1.807, 2.05) is 0 Å². The molecule has 0 radical (unpaired) electrons. The Morgan fingerprint density at radius 1 is 1.17 bits per heavy atom. The molecule has 4 nitrogen and oxygen atoms in total. The minimum atomic E-state index is -0.598. The van der Waals surface area contributed by atoms with Crippen LogP contribution < -0.4 is 5.32 Å². The molecular formula is C13H15ClN2O2. The molecule has 0 aliphatic carbocycles. The van der Waals surface area contributed by atoms with Crippen LogP contribution in [-0.2, 0) is 9.59 Å². The number of anilines is 1. The number of carbonyl (C=O) groups is 2. The summed E-state index contributed by atoms with van der Waals surface area (Å²) in [5, 5.41) is 3.09. The Kier molecular flexibility index (Phi) is 4.20. The van der Waals surface area contributed by atoms with Crippen molar-refractivity contribution in [1.82, 2.24) is 4.90 Å². The van der Waals surface area contributed by atoms with Crippen molar-refractivity contribution in [3.05, 3.63) is 29.3 Å². The van der Waals surface area contributed by atoms with Gasteiger partial charge in [0.2, 0.25) is 0 Å². The van der Waals surface area contributed by atoms with Crippen LogP contribution in [0.15, 0.2) is 24.3 Å². The molecule has 18 heavy (non-hydrogen) atoms. The smallest absolute Gasteiger partial charge is 0.313 e. The van der Waals surface area contributed by atoms with Gasteiger partial charge in [0.05, 0.1) is 0 Å². The van der Waals surface area contributed by atoms with Crippen LogP contribution in [0.1, 0.15) is 19.3 Å². The van der Waals surface area contributed by atoms with Crippen molar-refractivity contribution < 1.29 is 9.59 Å².